The van der Waals surface area contributed by atoms with E-state index in [1.807, 2.05) is 62.4 Å². The molecule has 1 aromatic heterocycles. The third-order valence-corrected chi connectivity index (χ3v) is 5.17. The summed E-state index contributed by atoms with van der Waals surface area (Å²) in [6, 6.07) is 15.8. The van der Waals surface area contributed by atoms with Crippen LogP contribution in [0.1, 0.15) is 51.1 Å². The maximum Gasteiger partial charge on any atom is 0.263 e. The fourth-order valence-electron chi connectivity index (χ4n) is 3.17. The average Bonchev–Trinajstić information content (AvgIpc) is 3.20. The second kappa shape index (κ2) is 9.33. The van der Waals surface area contributed by atoms with Gasteiger partial charge >= 0.3 is 0 Å². The van der Waals surface area contributed by atoms with Crippen molar-refractivity contribution in [1.29, 1.82) is 0 Å². The third kappa shape index (κ3) is 5.72. The van der Waals surface area contributed by atoms with Crippen molar-refractivity contribution in [3.05, 3.63) is 65.5 Å². The van der Waals surface area contributed by atoms with E-state index in [-0.39, 0.29) is 17.9 Å². The fraction of sp³-hybridized carbons (Fsp3) is 0.400. The molecule has 3 aromatic rings. The zero-order valence-electron chi connectivity index (χ0n) is 19.2. The van der Waals surface area contributed by atoms with Crippen LogP contribution >= 0.6 is 0 Å². The van der Waals surface area contributed by atoms with Crippen molar-refractivity contribution in [3.63, 3.8) is 0 Å². The van der Waals surface area contributed by atoms with Crippen molar-refractivity contribution in [2.75, 3.05) is 7.05 Å². The predicted molar refractivity (Wildman–Crippen MR) is 121 cm³/mol. The molecule has 3 rings (SSSR count). The summed E-state index contributed by atoms with van der Waals surface area (Å²) in [4.78, 5) is 18.9. The summed E-state index contributed by atoms with van der Waals surface area (Å²) in [5.41, 5.74) is 3.33. The van der Waals surface area contributed by atoms with Gasteiger partial charge in [0.2, 0.25) is 11.7 Å². The molecule has 0 radical (unpaired) electrons. The lowest BCUT2D eigenvalue weighted by atomic mass is 9.87. The molecule has 0 N–H and O–H groups in total. The molecule has 0 unspecified atom stereocenters. The number of hydrogen-bond acceptors (Lipinski definition) is 5. The molecule has 0 spiro atoms. The number of rotatable bonds is 7. The minimum Gasteiger partial charge on any atom is -0.481 e. The molecule has 6 nitrogen and oxygen atoms in total. The van der Waals surface area contributed by atoms with E-state index in [2.05, 4.69) is 30.9 Å². The second-order valence-corrected chi connectivity index (χ2v) is 8.86. The topological polar surface area (TPSA) is 68.5 Å². The monoisotopic (exact) mass is 421 g/mol. The average molecular weight is 422 g/mol. The number of carbonyl (C=O) groups excluding carboxylic acids is 1. The van der Waals surface area contributed by atoms with Crippen LogP contribution in [0, 0.1) is 6.92 Å². The van der Waals surface area contributed by atoms with E-state index < -0.39 is 6.10 Å². The van der Waals surface area contributed by atoms with Crippen molar-refractivity contribution in [2.45, 2.75) is 59.1 Å². The number of likely N-dealkylation sites (N-methyl/N-ethyl adjacent to an activating group) is 1. The first kappa shape index (κ1) is 22.5. The Morgan fingerprint density at radius 2 is 1.74 bits per heavy atom. The van der Waals surface area contributed by atoms with Gasteiger partial charge in [0, 0.05) is 12.6 Å². The molecule has 164 valence electrons. The number of hydrogen-bond donors (Lipinski definition) is 0. The van der Waals surface area contributed by atoms with Crippen molar-refractivity contribution in [1.82, 2.24) is 15.0 Å². The van der Waals surface area contributed by atoms with Gasteiger partial charge in [-0.15, -0.1) is 0 Å². The number of amides is 1. The maximum atomic E-state index is 12.9. The molecule has 31 heavy (non-hydrogen) atoms. The van der Waals surface area contributed by atoms with Crippen LogP contribution in [0.5, 0.6) is 5.75 Å². The molecule has 2 aromatic carbocycles. The van der Waals surface area contributed by atoms with Gasteiger partial charge in [0.15, 0.2) is 6.10 Å². The lowest BCUT2D eigenvalue weighted by Crippen LogP contribution is -2.39. The van der Waals surface area contributed by atoms with E-state index in [1.165, 1.54) is 5.56 Å². The molecule has 0 bridgehead atoms. The molecule has 1 amide bonds. The number of carbonyl (C=O) groups is 1. The Kier molecular flexibility index (Phi) is 6.78. The molecule has 1 heterocycles. The third-order valence-electron chi connectivity index (χ3n) is 5.17. The second-order valence-electron chi connectivity index (χ2n) is 8.86. The van der Waals surface area contributed by atoms with Gasteiger partial charge in [0.25, 0.3) is 5.91 Å². The normalized spacial score (nSPS) is 12.5. The van der Waals surface area contributed by atoms with Crippen molar-refractivity contribution in [3.8, 4) is 17.1 Å². The summed E-state index contributed by atoms with van der Waals surface area (Å²) in [6.45, 7) is 10.7. The minimum atomic E-state index is -0.579. The Morgan fingerprint density at radius 1 is 1.10 bits per heavy atom. The number of ether oxygens (including phenoxy) is 1. The van der Waals surface area contributed by atoms with Crippen molar-refractivity contribution >= 4 is 5.91 Å². The maximum absolute atomic E-state index is 12.9. The standard InChI is InChI=1S/C25H31N3O3/c1-7-21(30-20-14-12-19(13-15-20)25(3,4)5)24(29)28(6)16-22-26-23(27-31-22)18-10-8-17(2)9-11-18/h8-15,21H,7,16H2,1-6H3/t21-/m1/s1. The number of nitrogens with zero attached hydrogens (tertiary/aromatic N) is 3. The van der Waals surface area contributed by atoms with Crippen LogP contribution < -0.4 is 4.74 Å². The number of benzene rings is 2. The number of aromatic nitrogens is 2. The van der Waals surface area contributed by atoms with E-state index >= 15 is 0 Å². The van der Waals surface area contributed by atoms with Crippen LogP contribution in [0.2, 0.25) is 0 Å². The summed E-state index contributed by atoms with van der Waals surface area (Å²) in [6.07, 6.45) is -0.0205. The van der Waals surface area contributed by atoms with Gasteiger partial charge < -0.3 is 14.2 Å². The first-order valence-electron chi connectivity index (χ1n) is 10.6. The summed E-state index contributed by atoms with van der Waals surface area (Å²) in [7, 11) is 1.72. The Morgan fingerprint density at radius 3 is 2.32 bits per heavy atom. The van der Waals surface area contributed by atoms with E-state index in [4.69, 9.17) is 9.26 Å². The van der Waals surface area contributed by atoms with Crippen LogP contribution in [0.25, 0.3) is 11.4 Å². The van der Waals surface area contributed by atoms with Crippen LogP contribution in [0.3, 0.4) is 0 Å². The molecular weight excluding hydrogens is 390 g/mol. The quantitative estimate of drug-likeness (QED) is 0.527. The summed E-state index contributed by atoms with van der Waals surface area (Å²) in [5, 5.41) is 4.03. The smallest absolute Gasteiger partial charge is 0.263 e. The zero-order valence-corrected chi connectivity index (χ0v) is 19.2. The molecule has 1 atom stereocenters. The van der Waals surface area contributed by atoms with Gasteiger partial charge in [-0.25, -0.2) is 0 Å². The molecule has 0 saturated heterocycles. The van der Waals surface area contributed by atoms with Gasteiger partial charge in [0.1, 0.15) is 5.75 Å². The molecule has 0 aliphatic carbocycles. The van der Waals surface area contributed by atoms with Crippen molar-refractivity contribution in [2.24, 2.45) is 0 Å². The Hall–Kier alpha value is -3.15. The molecule has 0 aliphatic rings. The van der Waals surface area contributed by atoms with Gasteiger partial charge in [-0.05, 0) is 36.5 Å². The summed E-state index contributed by atoms with van der Waals surface area (Å²) in [5.74, 6) is 1.45. The van der Waals surface area contributed by atoms with Gasteiger partial charge in [-0.3, -0.25) is 4.79 Å². The van der Waals surface area contributed by atoms with E-state index in [0.717, 1.165) is 11.1 Å². The Balaban J connectivity index is 1.63. The van der Waals surface area contributed by atoms with E-state index in [0.29, 0.717) is 23.9 Å². The highest BCUT2D eigenvalue weighted by Gasteiger charge is 2.24. The fourth-order valence-corrected chi connectivity index (χ4v) is 3.17. The Bertz CT molecular complexity index is 1000. The molecule has 0 aliphatic heterocycles. The number of aryl methyl sites for hydroxylation is 1. The zero-order chi connectivity index (χ0) is 22.6. The largest absolute Gasteiger partial charge is 0.481 e. The van der Waals surface area contributed by atoms with Crippen LogP contribution in [-0.2, 0) is 16.8 Å². The molecule has 0 fully saturated rings. The van der Waals surface area contributed by atoms with Gasteiger partial charge in [-0.2, -0.15) is 4.98 Å². The SMILES string of the molecule is CC[C@@H](Oc1ccc(C(C)(C)C)cc1)C(=O)N(C)Cc1nc(-c2ccc(C)cc2)no1. The van der Waals surface area contributed by atoms with Crippen molar-refractivity contribution < 1.29 is 14.1 Å². The molecule has 0 saturated carbocycles. The first-order valence-corrected chi connectivity index (χ1v) is 10.6. The highest BCUT2D eigenvalue weighted by Crippen LogP contribution is 2.25. The van der Waals surface area contributed by atoms with Gasteiger partial charge in [0.05, 0.1) is 6.54 Å². The van der Waals surface area contributed by atoms with E-state index in [1.54, 1.807) is 11.9 Å². The lowest BCUT2D eigenvalue weighted by molar-refractivity contribution is -0.138. The highest BCUT2D eigenvalue weighted by atomic mass is 16.5. The predicted octanol–water partition coefficient (Wildman–Crippen LogP) is 5.16. The highest BCUT2D eigenvalue weighted by molar-refractivity contribution is 5.81. The van der Waals surface area contributed by atoms with Crippen LogP contribution in [-0.4, -0.2) is 34.1 Å². The summed E-state index contributed by atoms with van der Waals surface area (Å²) < 4.78 is 11.3. The minimum absolute atomic E-state index is 0.0697. The van der Waals surface area contributed by atoms with E-state index in [9.17, 15) is 4.79 Å². The van der Waals surface area contributed by atoms with Gasteiger partial charge in [-0.1, -0.05) is 74.8 Å². The first-order chi connectivity index (χ1) is 14.7. The summed E-state index contributed by atoms with van der Waals surface area (Å²) >= 11 is 0. The van der Waals surface area contributed by atoms with Crippen LogP contribution in [0.4, 0.5) is 0 Å². The molecule has 6 heteroatoms. The Labute approximate surface area is 184 Å². The lowest BCUT2D eigenvalue weighted by Gasteiger charge is -2.23. The molecular formula is C25H31N3O3. The van der Waals surface area contributed by atoms with Crippen LogP contribution in [0.15, 0.2) is 53.1 Å².